The maximum Gasteiger partial charge on any atom is 0.226 e. The van der Waals surface area contributed by atoms with Crippen LogP contribution in [0, 0.1) is 0 Å². The number of thiazole rings is 1. The molecule has 168 valence electrons. The summed E-state index contributed by atoms with van der Waals surface area (Å²) in [6.07, 6.45) is 0.322. The largest absolute Gasteiger partial charge is 0.302 e. The average Bonchev–Trinajstić information content (AvgIpc) is 3.57. The van der Waals surface area contributed by atoms with Crippen molar-refractivity contribution in [1.82, 2.24) is 20.2 Å². The van der Waals surface area contributed by atoms with Crippen LogP contribution >= 0.6 is 34.4 Å². The van der Waals surface area contributed by atoms with Gasteiger partial charge in [0, 0.05) is 28.7 Å². The first-order valence-corrected chi connectivity index (χ1v) is 13.3. The van der Waals surface area contributed by atoms with E-state index in [0.29, 0.717) is 22.5 Å². The lowest BCUT2D eigenvalue weighted by atomic mass is 10.0. The second-order valence-corrected chi connectivity index (χ2v) is 10.1. The standard InChI is InChI=1S/C25H19N5OS3/c31-21(27-24-26-19(16-34-24)20-12-7-14-32-20)13-15-33-25-28-22(17-8-3-1-4-9-17)23(29-30-25)18-10-5-2-6-11-18/h1-12,14,16H,13,15H2,(H,26,27,31). The van der Waals surface area contributed by atoms with Crippen LogP contribution in [0.4, 0.5) is 5.13 Å². The third-order valence-electron chi connectivity index (χ3n) is 4.85. The first kappa shape index (κ1) is 22.4. The van der Waals surface area contributed by atoms with Gasteiger partial charge >= 0.3 is 0 Å². The molecule has 0 spiro atoms. The molecular formula is C25H19N5OS3. The highest BCUT2D eigenvalue weighted by Crippen LogP contribution is 2.30. The van der Waals surface area contributed by atoms with Crippen molar-refractivity contribution in [3.8, 4) is 33.1 Å². The van der Waals surface area contributed by atoms with E-state index in [4.69, 9.17) is 4.98 Å². The predicted octanol–water partition coefficient (Wildman–Crippen LogP) is 6.51. The van der Waals surface area contributed by atoms with E-state index < -0.39 is 0 Å². The molecule has 9 heteroatoms. The second-order valence-electron chi connectivity index (χ2n) is 7.19. The van der Waals surface area contributed by atoms with Gasteiger partial charge in [-0.25, -0.2) is 9.97 Å². The van der Waals surface area contributed by atoms with Gasteiger partial charge in [-0.2, -0.15) is 0 Å². The molecule has 3 heterocycles. The van der Waals surface area contributed by atoms with Crippen LogP contribution in [0.1, 0.15) is 6.42 Å². The second kappa shape index (κ2) is 10.7. The number of benzene rings is 2. The van der Waals surface area contributed by atoms with Gasteiger partial charge in [0.15, 0.2) is 5.13 Å². The first-order valence-electron chi connectivity index (χ1n) is 10.5. The number of aromatic nitrogens is 4. The fraction of sp³-hybridized carbons (Fsp3) is 0.0800. The molecule has 1 N–H and O–H groups in total. The Hall–Kier alpha value is -3.40. The SMILES string of the molecule is O=C(CCSc1nnc(-c2ccccc2)c(-c2ccccc2)n1)Nc1nc(-c2cccs2)cs1. The lowest BCUT2D eigenvalue weighted by Crippen LogP contribution is -2.12. The minimum atomic E-state index is -0.0864. The average molecular weight is 502 g/mol. The molecule has 0 aliphatic carbocycles. The van der Waals surface area contributed by atoms with E-state index in [1.165, 1.54) is 23.1 Å². The van der Waals surface area contributed by atoms with E-state index in [2.05, 4.69) is 20.5 Å². The summed E-state index contributed by atoms with van der Waals surface area (Å²) in [7, 11) is 0. The van der Waals surface area contributed by atoms with Crippen molar-refractivity contribution in [2.45, 2.75) is 11.6 Å². The zero-order valence-corrected chi connectivity index (χ0v) is 20.4. The monoisotopic (exact) mass is 501 g/mol. The van der Waals surface area contributed by atoms with Crippen molar-refractivity contribution in [2.24, 2.45) is 0 Å². The fourth-order valence-electron chi connectivity index (χ4n) is 3.25. The summed E-state index contributed by atoms with van der Waals surface area (Å²) in [5.74, 6) is 0.451. The molecule has 0 aliphatic rings. The fourth-order valence-corrected chi connectivity index (χ4v) is 5.46. The number of rotatable bonds is 8. The lowest BCUT2D eigenvalue weighted by molar-refractivity contribution is -0.115. The van der Waals surface area contributed by atoms with Gasteiger partial charge in [-0.05, 0) is 11.4 Å². The third kappa shape index (κ3) is 5.39. The number of nitrogens with one attached hydrogen (secondary N) is 1. The number of hydrogen-bond donors (Lipinski definition) is 1. The molecular weight excluding hydrogens is 483 g/mol. The van der Waals surface area contributed by atoms with Gasteiger partial charge in [-0.3, -0.25) is 4.79 Å². The van der Waals surface area contributed by atoms with Gasteiger partial charge in [0.25, 0.3) is 0 Å². The minimum absolute atomic E-state index is 0.0864. The quantitative estimate of drug-likeness (QED) is 0.244. The highest BCUT2D eigenvalue weighted by atomic mass is 32.2. The number of carbonyl (C=O) groups is 1. The Bertz CT molecular complexity index is 1370. The highest BCUT2D eigenvalue weighted by Gasteiger charge is 2.14. The van der Waals surface area contributed by atoms with Gasteiger partial charge < -0.3 is 5.32 Å². The van der Waals surface area contributed by atoms with Crippen molar-refractivity contribution in [3.63, 3.8) is 0 Å². The Morgan fingerprint density at radius 2 is 1.56 bits per heavy atom. The van der Waals surface area contributed by atoms with Crippen molar-refractivity contribution in [3.05, 3.63) is 83.6 Å². The summed E-state index contributed by atoms with van der Waals surface area (Å²) in [5.41, 5.74) is 4.33. The topological polar surface area (TPSA) is 80.7 Å². The lowest BCUT2D eigenvalue weighted by Gasteiger charge is -2.09. The first-order chi connectivity index (χ1) is 16.8. The van der Waals surface area contributed by atoms with Crippen LogP contribution < -0.4 is 5.32 Å². The van der Waals surface area contributed by atoms with E-state index in [0.717, 1.165) is 33.1 Å². The third-order valence-corrected chi connectivity index (χ3v) is 7.34. The molecule has 0 radical (unpaired) electrons. The Morgan fingerprint density at radius 1 is 0.824 bits per heavy atom. The Morgan fingerprint density at radius 3 is 2.26 bits per heavy atom. The number of carbonyl (C=O) groups excluding carboxylic acids is 1. The minimum Gasteiger partial charge on any atom is -0.302 e. The Balaban J connectivity index is 1.24. The van der Waals surface area contributed by atoms with Crippen molar-refractivity contribution in [1.29, 1.82) is 0 Å². The maximum atomic E-state index is 12.4. The summed E-state index contributed by atoms with van der Waals surface area (Å²) >= 11 is 4.47. The summed E-state index contributed by atoms with van der Waals surface area (Å²) in [6, 6.07) is 23.9. The molecule has 3 aromatic heterocycles. The highest BCUT2D eigenvalue weighted by molar-refractivity contribution is 7.99. The van der Waals surface area contributed by atoms with Crippen LogP contribution in [0.25, 0.3) is 33.1 Å². The van der Waals surface area contributed by atoms with Crippen LogP contribution in [-0.2, 0) is 4.79 Å². The van der Waals surface area contributed by atoms with Crippen molar-refractivity contribution < 1.29 is 4.79 Å². The number of amides is 1. The zero-order chi connectivity index (χ0) is 23.2. The summed E-state index contributed by atoms with van der Waals surface area (Å²) < 4.78 is 0. The molecule has 0 bridgehead atoms. The number of anilines is 1. The number of thiophene rings is 1. The van der Waals surface area contributed by atoms with Crippen LogP contribution in [0.3, 0.4) is 0 Å². The molecule has 2 aromatic carbocycles. The van der Waals surface area contributed by atoms with E-state index >= 15 is 0 Å². The molecule has 34 heavy (non-hydrogen) atoms. The van der Waals surface area contributed by atoms with Gasteiger partial charge in [0.05, 0.1) is 10.6 Å². The normalized spacial score (nSPS) is 10.8. The summed E-state index contributed by atoms with van der Waals surface area (Å²) in [5, 5.41) is 16.8. The van der Waals surface area contributed by atoms with Crippen LogP contribution in [0.5, 0.6) is 0 Å². The van der Waals surface area contributed by atoms with Crippen LogP contribution in [0.15, 0.2) is 88.7 Å². The number of thioether (sulfide) groups is 1. The summed E-state index contributed by atoms with van der Waals surface area (Å²) in [4.78, 5) is 22.8. The molecule has 0 saturated carbocycles. The predicted molar refractivity (Wildman–Crippen MR) is 140 cm³/mol. The van der Waals surface area contributed by atoms with Crippen molar-refractivity contribution >= 4 is 45.5 Å². The number of nitrogens with zero attached hydrogens (tertiary/aromatic N) is 4. The molecule has 0 aliphatic heterocycles. The van der Waals surface area contributed by atoms with Gasteiger partial charge in [-0.15, -0.1) is 32.9 Å². The zero-order valence-electron chi connectivity index (χ0n) is 17.9. The molecule has 5 aromatic rings. The van der Waals surface area contributed by atoms with E-state index in [1.807, 2.05) is 83.6 Å². The molecule has 0 atom stereocenters. The van der Waals surface area contributed by atoms with Crippen LogP contribution in [0.2, 0.25) is 0 Å². The van der Waals surface area contributed by atoms with Crippen molar-refractivity contribution in [2.75, 3.05) is 11.1 Å². The van der Waals surface area contributed by atoms with Gasteiger partial charge in [-0.1, -0.05) is 78.5 Å². The molecule has 6 nitrogen and oxygen atoms in total. The molecule has 0 unspecified atom stereocenters. The van der Waals surface area contributed by atoms with Crippen LogP contribution in [-0.4, -0.2) is 31.8 Å². The Labute approximate surface area is 209 Å². The van der Waals surface area contributed by atoms with Gasteiger partial charge in [0.2, 0.25) is 11.1 Å². The molecule has 5 rings (SSSR count). The van der Waals surface area contributed by atoms with E-state index in [1.54, 1.807) is 11.3 Å². The van der Waals surface area contributed by atoms with E-state index in [9.17, 15) is 4.79 Å². The smallest absolute Gasteiger partial charge is 0.226 e. The van der Waals surface area contributed by atoms with Gasteiger partial charge in [0.1, 0.15) is 11.4 Å². The van der Waals surface area contributed by atoms with E-state index in [-0.39, 0.29) is 5.91 Å². The molecule has 1 amide bonds. The summed E-state index contributed by atoms with van der Waals surface area (Å²) in [6.45, 7) is 0. The molecule has 0 saturated heterocycles. The molecule has 0 fully saturated rings. The maximum absolute atomic E-state index is 12.4. The number of hydrogen-bond acceptors (Lipinski definition) is 8. The Kier molecular flexibility index (Phi) is 7.04.